The Hall–Kier alpha value is -3.90. The Balaban J connectivity index is 1.64. The van der Waals surface area contributed by atoms with Crippen LogP contribution < -0.4 is 14.8 Å². The SMILES string of the molecule is COc1ccc(OC)c(NC(=O)N2Cc3ccccc3-n3cccc3[C@H]2c2ccccc2Cl)c1. The number of carbonyl (C=O) groups excluding carboxylic acids is 1. The van der Waals surface area contributed by atoms with E-state index in [1.807, 2.05) is 60.8 Å². The highest BCUT2D eigenvalue weighted by Gasteiger charge is 2.34. The second kappa shape index (κ2) is 9.15. The normalized spacial score (nSPS) is 14.6. The summed E-state index contributed by atoms with van der Waals surface area (Å²) in [4.78, 5) is 15.7. The number of nitrogens with one attached hydrogen (secondary N) is 1. The molecule has 1 aliphatic rings. The fraction of sp³-hybridized carbons (Fsp3) is 0.148. The van der Waals surface area contributed by atoms with E-state index in [0.29, 0.717) is 28.8 Å². The lowest BCUT2D eigenvalue weighted by Gasteiger charge is -2.31. The van der Waals surface area contributed by atoms with Crippen LogP contribution in [0.1, 0.15) is 22.9 Å². The Labute approximate surface area is 203 Å². The smallest absolute Gasteiger partial charge is 0.323 e. The van der Waals surface area contributed by atoms with E-state index in [0.717, 1.165) is 22.5 Å². The van der Waals surface area contributed by atoms with Crippen LogP contribution in [0.5, 0.6) is 11.5 Å². The molecular weight excluding hydrogens is 450 g/mol. The van der Waals surface area contributed by atoms with Crippen LogP contribution in [0.3, 0.4) is 0 Å². The summed E-state index contributed by atoms with van der Waals surface area (Å²) >= 11 is 6.67. The number of benzene rings is 3. The molecule has 1 aromatic heterocycles. The molecule has 172 valence electrons. The summed E-state index contributed by atoms with van der Waals surface area (Å²) in [7, 11) is 3.15. The van der Waals surface area contributed by atoms with Crippen LogP contribution in [0, 0.1) is 0 Å². The van der Waals surface area contributed by atoms with Gasteiger partial charge in [0.2, 0.25) is 0 Å². The Bertz CT molecular complexity index is 1350. The number of amides is 2. The van der Waals surface area contributed by atoms with Crippen LogP contribution in [0.25, 0.3) is 5.69 Å². The number of hydrogen-bond acceptors (Lipinski definition) is 3. The first-order chi connectivity index (χ1) is 16.6. The summed E-state index contributed by atoms with van der Waals surface area (Å²) < 4.78 is 13.0. The van der Waals surface area contributed by atoms with Crippen molar-refractivity contribution >= 4 is 23.3 Å². The van der Waals surface area contributed by atoms with Gasteiger partial charge in [0, 0.05) is 17.3 Å². The van der Waals surface area contributed by atoms with Crippen molar-refractivity contribution in [1.29, 1.82) is 0 Å². The molecule has 7 heteroatoms. The maximum absolute atomic E-state index is 13.9. The van der Waals surface area contributed by atoms with Crippen molar-refractivity contribution in [1.82, 2.24) is 9.47 Å². The minimum atomic E-state index is -0.410. The number of carbonyl (C=O) groups is 1. The van der Waals surface area contributed by atoms with Gasteiger partial charge < -0.3 is 24.3 Å². The minimum Gasteiger partial charge on any atom is -0.497 e. The van der Waals surface area contributed by atoms with Gasteiger partial charge in [-0.2, -0.15) is 0 Å². The van der Waals surface area contributed by atoms with Crippen molar-refractivity contribution in [2.75, 3.05) is 19.5 Å². The molecule has 0 unspecified atom stereocenters. The van der Waals surface area contributed by atoms with Crippen molar-refractivity contribution in [3.8, 4) is 17.2 Å². The van der Waals surface area contributed by atoms with Crippen molar-refractivity contribution in [3.63, 3.8) is 0 Å². The Morgan fingerprint density at radius 3 is 2.56 bits per heavy atom. The lowest BCUT2D eigenvalue weighted by molar-refractivity contribution is 0.194. The van der Waals surface area contributed by atoms with Gasteiger partial charge in [-0.1, -0.05) is 48.0 Å². The fourth-order valence-corrected chi connectivity index (χ4v) is 4.70. The molecule has 34 heavy (non-hydrogen) atoms. The largest absolute Gasteiger partial charge is 0.497 e. The number of halogens is 1. The Morgan fingerprint density at radius 1 is 0.971 bits per heavy atom. The predicted octanol–water partition coefficient (Wildman–Crippen LogP) is 6.29. The van der Waals surface area contributed by atoms with E-state index < -0.39 is 6.04 Å². The van der Waals surface area contributed by atoms with Crippen LogP contribution in [0.2, 0.25) is 5.02 Å². The number of rotatable bonds is 4. The number of ether oxygens (including phenoxy) is 2. The van der Waals surface area contributed by atoms with Crippen molar-refractivity contribution in [2.45, 2.75) is 12.6 Å². The first-order valence-electron chi connectivity index (χ1n) is 10.9. The van der Waals surface area contributed by atoms with Gasteiger partial charge in [0.05, 0.1) is 37.8 Å². The molecule has 1 atom stereocenters. The van der Waals surface area contributed by atoms with Gasteiger partial charge in [-0.05, 0) is 47.5 Å². The van der Waals surface area contributed by atoms with Crippen molar-refractivity contribution in [2.24, 2.45) is 0 Å². The van der Waals surface area contributed by atoms with Crippen LogP contribution in [-0.2, 0) is 6.54 Å². The highest BCUT2D eigenvalue weighted by Crippen LogP contribution is 2.40. The fourth-order valence-electron chi connectivity index (χ4n) is 4.46. The molecule has 0 bridgehead atoms. The van der Waals surface area contributed by atoms with E-state index in [1.165, 1.54) is 0 Å². The first kappa shape index (κ1) is 21.9. The predicted molar refractivity (Wildman–Crippen MR) is 133 cm³/mol. The lowest BCUT2D eigenvalue weighted by atomic mass is 10.0. The molecule has 4 aromatic rings. The first-order valence-corrected chi connectivity index (χ1v) is 11.3. The average Bonchev–Trinajstić information content (AvgIpc) is 3.29. The number of anilines is 1. The molecule has 3 aromatic carbocycles. The quantitative estimate of drug-likeness (QED) is 0.379. The summed E-state index contributed by atoms with van der Waals surface area (Å²) in [5.41, 5.74) is 4.39. The van der Waals surface area contributed by atoms with Gasteiger partial charge in [-0.15, -0.1) is 0 Å². The maximum atomic E-state index is 13.9. The van der Waals surface area contributed by atoms with Crippen LogP contribution in [-0.4, -0.2) is 29.7 Å². The second-order valence-corrected chi connectivity index (χ2v) is 8.39. The van der Waals surface area contributed by atoms with Crippen LogP contribution >= 0.6 is 11.6 Å². The number of urea groups is 1. The summed E-state index contributed by atoms with van der Waals surface area (Å²) in [5, 5.41) is 3.64. The molecule has 1 N–H and O–H groups in total. The number of para-hydroxylation sites is 1. The van der Waals surface area contributed by atoms with Crippen molar-refractivity contribution < 1.29 is 14.3 Å². The third-order valence-corrected chi connectivity index (χ3v) is 6.42. The molecule has 0 fully saturated rings. The highest BCUT2D eigenvalue weighted by molar-refractivity contribution is 6.31. The van der Waals surface area contributed by atoms with Crippen LogP contribution in [0.4, 0.5) is 10.5 Å². The van der Waals surface area contributed by atoms with E-state index in [-0.39, 0.29) is 6.03 Å². The number of nitrogens with zero attached hydrogens (tertiary/aromatic N) is 2. The van der Waals surface area contributed by atoms with Gasteiger partial charge >= 0.3 is 6.03 Å². The maximum Gasteiger partial charge on any atom is 0.323 e. The topological polar surface area (TPSA) is 55.7 Å². The molecule has 2 amide bonds. The van der Waals surface area contributed by atoms with E-state index >= 15 is 0 Å². The van der Waals surface area contributed by atoms with Gasteiger partial charge in [-0.25, -0.2) is 4.79 Å². The van der Waals surface area contributed by atoms with Gasteiger partial charge in [0.25, 0.3) is 0 Å². The molecule has 0 saturated heterocycles. The summed E-state index contributed by atoms with van der Waals surface area (Å²) in [6.07, 6.45) is 2.02. The minimum absolute atomic E-state index is 0.277. The average molecular weight is 474 g/mol. The van der Waals surface area contributed by atoms with E-state index in [4.69, 9.17) is 21.1 Å². The number of hydrogen-bond donors (Lipinski definition) is 1. The summed E-state index contributed by atoms with van der Waals surface area (Å²) in [6.45, 7) is 0.395. The monoisotopic (exact) mass is 473 g/mol. The molecule has 2 heterocycles. The molecule has 0 radical (unpaired) electrons. The zero-order valence-electron chi connectivity index (χ0n) is 18.9. The van der Waals surface area contributed by atoms with Gasteiger partial charge in [-0.3, -0.25) is 0 Å². The number of methoxy groups -OCH3 is 2. The Kier molecular flexibility index (Phi) is 5.90. The molecule has 5 rings (SSSR count). The van der Waals surface area contributed by atoms with Gasteiger partial charge in [0.15, 0.2) is 0 Å². The third kappa shape index (κ3) is 3.86. The standard InChI is InChI=1S/C27H24ClN3O3/c1-33-19-13-14-25(34-2)22(16-19)29-27(32)31-17-18-8-3-6-11-23(18)30-15-7-12-24(30)26(31)20-9-4-5-10-21(20)28/h3-16,26H,17H2,1-2H3,(H,29,32)/t26-/m1/s1. The molecule has 6 nitrogen and oxygen atoms in total. The Morgan fingerprint density at radius 2 is 1.76 bits per heavy atom. The van der Waals surface area contributed by atoms with Crippen molar-refractivity contribution in [3.05, 3.63) is 107 Å². The number of fused-ring (bicyclic) bond motifs is 3. The summed E-state index contributed by atoms with van der Waals surface area (Å²) in [6, 6.07) is 24.4. The molecule has 0 aliphatic carbocycles. The second-order valence-electron chi connectivity index (χ2n) is 7.98. The zero-order chi connectivity index (χ0) is 23.7. The summed E-state index contributed by atoms with van der Waals surface area (Å²) in [5.74, 6) is 1.16. The molecule has 0 spiro atoms. The van der Waals surface area contributed by atoms with Gasteiger partial charge in [0.1, 0.15) is 17.5 Å². The van der Waals surface area contributed by atoms with E-state index in [2.05, 4.69) is 16.0 Å². The number of aromatic nitrogens is 1. The molecular formula is C27H24ClN3O3. The molecule has 0 saturated carbocycles. The van der Waals surface area contributed by atoms with E-state index in [1.54, 1.807) is 37.3 Å². The highest BCUT2D eigenvalue weighted by atomic mass is 35.5. The zero-order valence-corrected chi connectivity index (χ0v) is 19.6. The lowest BCUT2D eigenvalue weighted by Crippen LogP contribution is -2.38. The molecule has 1 aliphatic heterocycles. The van der Waals surface area contributed by atoms with E-state index in [9.17, 15) is 4.79 Å². The van der Waals surface area contributed by atoms with Crippen LogP contribution in [0.15, 0.2) is 85.1 Å². The third-order valence-electron chi connectivity index (χ3n) is 6.07.